The summed E-state index contributed by atoms with van der Waals surface area (Å²) in [6.45, 7) is 4.63. The van der Waals surface area contributed by atoms with Gasteiger partial charge in [-0.25, -0.2) is 4.39 Å². The minimum atomic E-state index is -0.291. The molecular formula is C25H28FN3O3S. The number of nitrogens with one attached hydrogen (secondary N) is 2. The molecule has 0 amide bonds. The second-order valence-electron chi connectivity index (χ2n) is 8.11. The highest BCUT2D eigenvalue weighted by Gasteiger charge is 2.19. The Kier molecular flexibility index (Phi) is 7.57. The van der Waals surface area contributed by atoms with Crippen LogP contribution in [0.1, 0.15) is 30.9 Å². The van der Waals surface area contributed by atoms with Gasteiger partial charge in [0.05, 0.1) is 19.3 Å². The molecule has 0 saturated carbocycles. The molecule has 2 N–H and O–H groups in total. The molecule has 0 radical (unpaired) electrons. The Morgan fingerprint density at radius 2 is 2.06 bits per heavy atom. The number of rotatable bonds is 8. The van der Waals surface area contributed by atoms with Gasteiger partial charge in [-0.15, -0.1) is 0 Å². The smallest absolute Gasteiger partial charge is 0.253 e. The van der Waals surface area contributed by atoms with E-state index >= 15 is 0 Å². The maximum absolute atomic E-state index is 13.4. The molecule has 2 aromatic carbocycles. The predicted molar refractivity (Wildman–Crippen MR) is 131 cm³/mol. The van der Waals surface area contributed by atoms with Crippen molar-refractivity contribution in [3.8, 4) is 5.75 Å². The molecule has 0 unspecified atom stereocenters. The minimum Gasteiger partial charge on any atom is -0.494 e. The van der Waals surface area contributed by atoms with Gasteiger partial charge in [-0.3, -0.25) is 4.79 Å². The number of ether oxygens (including phenoxy) is 2. The molecule has 0 bridgehead atoms. The van der Waals surface area contributed by atoms with E-state index in [0.29, 0.717) is 36.9 Å². The SMILES string of the molecule is CCOc1ccc2[nH]c(=O)c(CN(Cc3ccc(F)cc3)C(=S)NC[C@H]3CCCO3)cc2c1. The Morgan fingerprint density at radius 1 is 1.24 bits per heavy atom. The van der Waals surface area contributed by atoms with Crippen LogP contribution >= 0.6 is 12.2 Å². The van der Waals surface area contributed by atoms with Crippen LogP contribution in [0.3, 0.4) is 0 Å². The first-order valence-electron chi connectivity index (χ1n) is 11.2. The monoisotopic (exact) mass is 469 g/mol. The quantitative estimate of drug-likeness (QED) is 0.484. The highest BCUT2D eigenvalue weighted by molar-refractivity contribution is 7.80. The number of thiocarbonyl (C=S) groups is 1. The van der Waals surface area contributed by atoms with Crippen molar-refractivity contribution in [2.75, 3.05) is 19.8 Å². The summed E-state index contributed by atoms with van der Waals surface area (Å²) in [4.78, 5) is 17.7. The summed E-state index contributed by atoms with van der Waals surface area (Å²) in [6, 6.07) is 13.8. The normalized spacial score (nSPS) is 15.5. The summed E-state index contributed by atoms with van der Waals surface area (Å²) in [5, 5.41) is 4.70. The van der Waals surface area contributed by atoms with E-state index in [1.54, 1.807) is 12.1 Å². The van der Waals surface area contributed by atoms with E-state index in [-0.39, 0.29) is 17.5 Å². The van der Waals surface area contributed by atoms with Crippen molar-refractivity contribution in [3.63, 3.8) is 0 Å². The average molecular weight is 470 g/mol. The molecule has 33 heavy (non-hydrogen) atoms. The van der Waals surface area contributed by atoms with Crippen LogP contribution in [0.5, 0.6) is 5.75 Å². The maximum Gasteiger partial charge on any atom is 0.253 e. The molecule has 2 heterocycles. The number of aromatic nitrogens is 1. The summed E-state index contributed by atoms with van der Waals surface area (Å²) in [6.07, 6.45) is 2.19. The van der Waals surface area contributed by atoms with Crippen LogP contribution in [0, 0.1) is 5.82 Å². The summed E-state index contributed by atoms with van der Waals surface area (Å²) in [5.74, 6) is 0.459. The van der Waals surface area contributed by atoms with Gasteiger partial charge in [-0.1, -0.05) is 12.1 Å². The van der Waals surface area contributed by atoms with Crippen molar-refractivity contribution >= 4 is 28.2 Å². The zero-order valence-electron chi connectivity index (χ0n) is 18.6. The van der Waals surface area contributed by atoms with Crippen molar-refractivity contribution in [1.29, 1.82) is 0 Å². The minimum absolute atomic E-state index is 0.136. The van der Waals surface area contributed by atoms with Gasteiger partial charge in [0.25, 0.3) is 5.56 Å². The van der Waals surface area contributed by atoms with E-state index in [2.05, 4.69) is 10.3 Å². The van der Waals surface area contributed by atoms with Crippen LogP contribution in [0.25, 0.3) is 10.9 Å². The van der Waals surface area contributed by atoms with Gasteiger partial charge in [-0.05, 0) is 73.9 Å². The molecule has 0 spiro atoms. The van der Waals surface area contributed by atoms with Gasteiger partial charge >= 0.3 is 0 Å². The summed E-state index contributed by atoms with van der Waals surface area (Å²) in [7, 11) is 0. The highest BCUT2D eigenvalue weighted by Crippen LogP contribution is 2.20. The third-order valence-electron chi connectivity index (χ3n) is 5.64. The molecule has 4 rings (SSSR count). The number of aromatic amines is 1. The first kappa shape index (κ1) is 23.2. The van der Waals surface area contributed by atoms with Crippen LogP contribution in [0.15, 0.2) is 53.3 Å². The van der Waals surface area contributed by atoms with Crippen LogP contribution in [0.2, 0.25) is 0 Å². The van der Waals surface area contributed by atoms with E-state index in [1.807, 2.05) is 36.1 Å². The van der Waals surface area contributed by atoms with Crippen LogP contribution in [0.4, 0.5) is 4.39 Å². The lowest BCUT2D eigenvalue weighted by Crippen LogP contribution is -2.42. The zero-order valence-corrected chi connectivity index (χ0v) is 19.4. The van der Waals surface area contributed by atoms with Gasteiger partial charge in [0, 0.05) is 36.2 Å². The van der Waals surface area contributed by atoms with Crippen LogP contribution in [-0.2, 0) is 17.8 Å². The molecule has 8 heteroatoms. The highest BCUT2D eigenvalue weighted by atomic mass is 32.1. The largest absolute Gasteiger partial charge is 0.494 e. The van der Waals surface area contributed by atoms with E-state index < -0.39 is 0 Å². The van der Waals surface area contributed by atoms with Gasteiger partial charge in [0.15, 0.2) is 5.11 Å². The van der Waals surface area contributed by atoms with Gasteiger partial charge in [-0.2, -0.15) is 0 Å². The van der Waals surface area contributed by atoms with Gasteiger partial charge in [0.1, 0.15) is 11.6 Å². The number of hydrogen-bond donors (Lipinski definition) is 2. The van der Waals surface area contributed by atoms with Crippen molar-refractivity contribution < 1.29 is 13.9 Å². The fraction of sp³-hybridized carbons (Fsp3) is 0.360. The molecule has 1 fully saturated rings. The third-order valence-corrected chi connectivity index (χ3v) is 6.05. The number of nitrogens with zero attached hydrogens (tertiary/aromatic N) is 1. The number of fused-ring (bicyclic) bond motifs is 1. The predicted octanol–water partition coefficient (Wildman–Crippen LogP) is 4.12. The van der Waals surface area contributed by atoms with Crippen molar-refractivity contribution in [1.82, 2.24) is 15.2 Å². The number of H-pyrrole nitrogens is 1. The zero-order chi connectivity index (χ0) is 23.2. The lowest BCUT2D eigenvalue weighted by Gasteiger charge is -2.27. The average Bonchev–Trinajstić information content (AvgIpc) is 3.33. The summed E-state index contributed by atoms with van der Waals surface area (Å²) < 4.78 is 24.7. The third kappa shape index (κ3) is 6.09. The van der Waals surface area contributed by atoms with E-state index in [1.165, 1.54) is 12.1 Å². The van der Waals surface area contributed by atoms with Crippen LogP contribution < -0.4 is 15.6 Å². The second-order valence-corrected chi connectivity index (χ2v) is 8.50. The fourth-order valence-electron chi connectivity index (χ4n) is 3.94. The van der Waals surface area contributed by atoms with E-state index in [4.69, 9.17) is 21.7 Å². The second kappa shape index (κ2) is 10.8. The Labute approximate surface area is 197 Å². The molecule has 3 aromatic rings. The Hall–Kier alpha value is -2.97. The fourth-order valence-corrected chi connectivity index (χ4v) is 4.15. The molecule has 1 atom stereocenters. The Bertz CT molecular complexity index is 1160. The van der Waals surface area contributed by atoms with Crippen molar-refractivity contribution in [2.24, 2.45) is 0 Å². The molecule has 1 aliphatic heterocycles. The lowest BCUT2D eigenvalue weighted by molar-refractivity contribution is 0.113. The van der Waals surface area contributed by atoms with Crippen molar-refractivity contribution in [2.45, 2.75) is 39.0 Å². The molecule has 1 aliphatic rings. The number of hydrogen-bond acceptors (Lipinski definition) is 4. The molecule has 1 aromatic heterocycles. The number of pyridine rings is 1. The first-order valence-corrected chi connectivity index (χ1v) is 11.6. The maximum atomic E-state index is 13.4. The molecule has 174 valence electrons. The number of benzene rings is 2. The molecule has 6 nitrogen and oxygen atoms in total. The summed E-state index contributed by atoms with van der Waals surface area (Å²) in [5.41, 5.74) is 2.06. The van der Waals surface area contributed by atoms with E-state index in [0.717, 1.165) is 41.7 Å². The Balaban J connectivity index is 1.57. The van der Waals surface area contributed by atoms with Crippen molar-refractivity contribution in [3.05, 3.63) is 75.8 Å². The van der Waals surface area contributed by atoms with Crippen LogP contribution in [-0.4, -0.2) is 40.9 Å². The number of halogens is 1. The summed E-state index contributed by atoms with van der Waals surface area (Å²) >= 11 is 5.68. The molecular weight excluding hydrogens is 441 g/mol. The van der Waals surface area contributed by atoms with Gasteiger partial charge in [0.2, 0.25) is 0 Å². The standard InChI is InChI=1S/C25H28FN3O3S/c1-2-31-21-9-10-23-18(13-21)12-19(24(30)28-23)16-29(15-17-5-7-20(26)8-6-17)25(33)27-14-22-4-3-11-32-22/h5-10,12-13,22H,2-4,11,14-16H2,1H3,(H,27,33)(H,28,30)/t22-/m1/s1. The topological polar surface area (TPSA) is 66.6 Å². The molecule has 1 saturated heterocycles. The first-order chi connectivity index (χ1) is 16.0. The Morgan fingerprint density at radius 3 is 2.79 bits per heavy atom. The van der Waals surface area contributed by atoms with Gasteiger partial charge < -0.3 is 24.7 Å². The lowest BCUT2D eigenvalue weighted by atomic mass is 10.1. The van der Waals surface area contributed by atoms with E-state index in [9.17, 15) is 9.18 Å². The molecule has 0 aliphatic carbocycles.